The third-order valence-corrected chi connectivity index (χ3v) is 19.0. The first kappa shape index (κ1) is 42.9. The Morgan fingerprint density at radius 2 is 0.753 bits per heavy atom. The van der Waals surface area contributed by atoms with Crippen molar-refractivity contribution < 1.29 is 0 Å². The Labute approximate surface area is 435 Å². The van der Waals surface area contributed by atoms with E-state index in [9.17, 15) is 0 Å². The third kappa shape index (κ3) is 6.29. The van der Waals surface area contributed by atoms with Crippen LogP contribution in [0.4, 0.5) is 68.2 Å². The molecule has 348 valence electrons. The molecule has 0 bridgehead atoms. The van der Waals surface area contributed by atoms with Gasteiger partial charge in [-0.15, -0.1) is 0 Å². The molecule has 0 saturated heterocycles. The Morgan fingerprint density at radius 1 is 0.329 bits per heavy atom. The Kier molecular flexibility index (Phi) is 9.97. The molecule has 9 aromatic carbocycles. The Morgan fingerprint density at radius 3 is 1.26 bits per heavy atom. The predicted octanol–water partition coefficient (Wildman–Crippen LogP) is 13.2. The fraction of sp³-hybridized carbons (Fsp3) is 0.121. The van der Waals surface area contributed by atoms with Crippen LogP contribution in [-0.2, 0) is 12.8 Å². The van der Waals surface area contributed by atoms with Gasteiger partial charge in [0.05, 0.1) is 0 Å². The van der Waals surface area contributed by atoms with Crippen molar-refractivity contribution in [1.29, 1.82) is 0 Å². The van der Waals surface area contributed by atoms with Crippen molar-refractivity contribution in [2.24, 2.45) is 0 Å². The molecular formula is C66H52B2N4Se. The number of para-hydroxylation sites is 2. The molecule has 4 nitrogen and oxygen atoms in total. The molecule has 6 heterocycles. The minimum atomic E-state index is 0.00768. The van der Waals surface area contributed by atoms with E-state index in [1.165, 1.54) is 149 Å². The van der Waals surface area contributed by atoms with Gasteiger partial charge in [-0.2, -0.15) is 0 Å². The summed E-state index contributed by atoms with van der Waals surface area (Å²) in [5.74, 6) is 0. The second kappa shape index (κ2) is 17.0. The van der Waals surface area contributed by atoms with Crippen molar-refractivity contribution in [2.45, 2.75) is 52.4 Å². The Balaban J connectivity index is 1.05. The zero-order valence-corrected chi connectivity index (χ0v) is 42.9. The van der Waals surface area contributed by atoms with Crippen molar-refractivity contribution in [1.82, 2.24) is 0 Å². The van der Waals surface area contributed by atoms with Crippen LogP contribution in [-0.4, -0.2) is 27.9 Å². The van der Waals surface area contributed by atoms with Gasteiger partial charge in [0.15, 0.2) is 0 Å². The summed E-state index contributed by atoms with van der Waals surface area (Å²) in [6, 6.07) is 78.1. The molecule has 0 atom stereocenters. The zero-order chi connectivity index (χ0) is 48.3. The van der Waals surface area contributed by atoms with Crippen LogP contribution in [0.15, 0.2) is 206 Å². The molecule has 0 fully saturated rings. The summed E-state index contributed by atoms with van der Waals surface area (Å²) in [6.45, 7) is 4.75. The number of hydrogen-bond donors (Lipinski definition) is 0. The van der Waals surface area contributed by atoms with Gasteiger partial charge in [-0.25, -0.2) is 0 Å². The molecule has 0 saturated carbocycles. The topological polar surface area (TPSA) is 13.0 Å². The SMILES string of the molecule is CCCCc1[se]c(CCCC)c2c1N1c3cccc4c3B(c3cc(-c5ccccc5)ccc3N4c3ccccc3)c3ccc4c(c31)N2c1cccc2c1B4c1ccc(-c3ccccc3)cc1N2c1ccccc1. The molecule has 5 aliphatic heterocycles. The molecule has 1 aromatic heterocycles. The average Bonchev–Trinajstić information content (AvgIpc) is 3.82. The summed E-state index contributed by atoms with van der Waals surface area (Å²) in [5.41, 5.74) is 28.9. The van der Waals surface area contributed by atoms with Gasteiger partial charge < -0.3 is 0 Å². The molecule has 0 N–H and O–H groups in total. The molecule has 0 amide bonds. The van der Waals surface area contributed by atoms with E-state index >= 15 is 0 Å². The quantitative estimate of drug-likeness (QED) is 0.127. The number of benzene rings is 9. The molecule has 73 heavy (non-hydrogen) atoms. The average molecular weight is 1000 g/mol. The molecule has 7 heteroatoms. The van der Waals surface area contributed by atoms with Crippen LogP contribution in [0.1, 0.15) is 48.4 Å². The van der Waals surface area contributed by atoms with E-state index in [-0.39, 0.29) is 27.9 Å². The maximum absolute atomic E-state index is 2.82. The zero-order valence-electron chi connectivity index (χ0n) is 41.2. The molecule has 0 aliphatic carbocycles. The molecule has 15 rings (SSSR count). The fourth-order valence-electron chi connectivity index (χ4n) is 13.2. The van der Waals surface area contributed by atoms with E-state index in [1.807, 2.05) is 0 Å². The number of hydrogen-bond acceptors (Lipinski definition) is 4. The fourth-order valence-corrected chi connectivity index (χ4v) is 16.1. The van der Waals surface area contributed by atoms with E-state index in [1.54, 1.807) is 8.87 Å². The van der Waals surface area contributed by atoms with Gasteiger partial charge in [0.2, 0.25) is 0 Å². The molecule has 10 aromatic rings. The summed E-state index contributed by atoms with van der Waals surface area (Å²) in [6.07, 6.45) is 6.95. The van der Waals surface area contributed by atoms with E-state index < -0.39 is 0 Å². The van der Waals surface area contributed by atoms with Crippen LogP contribution in [0.2, 0.25) is 0 Å². The second-order valence-corrected chi connectivity index (χ2v) is 22.9. The van der Waals surface area contributed by atoms with Crippen molar-refractivity contribution in [3.63, 3.8) is 0 Å². The van der Waals surface area contributed by atoms with Gasteiger partial charge in [-0.05, 0) is 0 Å². The molecule has 5 aliphatic rings. The maximum atomic E-state index is 2.82. The Bertz CT molecular complexity index is 3820. The van der Waals surface area contributed by atoms with Gasteiger partial charge in [-0.3, -0.25) is 0 Å². The van der Waals surface area contributed by atoms with Gasteiger partial charge in [0, 0.05) is 0 Å². The van der Waals surface area contributed by atoms with Crippen molar-refractivity contribution >= 4 is 129 Å². The van der Waals surface area contributed by atoms with Gasteiger partial charge in [0.1, 0.15) is 0 Å². The van der Waals surface area contributed by atoms with Gasteiger partial charge in [-0.1, -0.05) is 24.3 Å². The number of nitrogens with zero attached hydrogens (tertiary/aromatic N) is 4. The monoisotopic (exact) mass is 1000 g/mol. The summed E-state index contributed by atoms with van der Waals surface area (Å²) in [5, 5.41) is 0. The van der Waals surface area contributed by atoms with Crippen LogP contribution < -0.4 is 52.4 Å². The van der Waals surface area contributed by atoms with Crippen LogP contribution >= 0.6 is 0 Å². The van der Waals surface area contributed by atoms with Crippen LogP contribution in [0.25, 0.3) is 22.3 Å². The first-order valence-electron chi connectivity index (χ1n) is 26.5. The number of aryl methyl sites for hydroxylation is 2. The van der Waals surface area contributed by atoms with Crippen molar-refractivity contribution in [2.75, 3.05) is 19.6 Å². The first-order valence-corrected chi connectivity index (χ1v) is 28.2. The summed E-state index contributed by atoms with van der Waals surface area (Å²) in [4.78, 5) is 10.8. The van der Waals surface area contributed by atoms with E-state index in [0.29, 0.717) is 0 Å². The van der Waals surface area contributed by atoms with Crippen LogP contribution in [0.3, 0.4) is 0 Å². The number of anilines is 12. The van der Waals surface area contributed by atoms with Crippen LogP contribution in [0.5, 0.6) is 0 Å². The Hall–Kier alpha value is -7.69. The van der Waals surface area contributed by atoms with Gasteiger partial charge in [0.25, 0.3) is 0 Å². The van der Waals surface area contributed by atoms with Crippen LogP contribution in [0, 0.1) is 0 Å². The predicted molar refractivity (Wildman–Crippen MR) is 313 cm³/mol. The molecule has 0 radical (unpaired) electrons. The summed E-state index contributed by atoms with van der Waals surface area (Å²) < 4.78 is 3.29. The van der Waals surface area contributed by atoms with Crippen molar-refractivity contribution in [3.05, 3.63) is 215 Å². The molecule has 0 unspecified atom stereocenters. The minimum absolute atomic E-state index is 0.00768. The second-order valence-electron chi connectivity index (χ2n) is 20.4. The standard InChI is InChI=1S/C66H52B2N4Se/c1-3-5-33-59-65-66(60(73-59)34-6-4-2)72-57-32-19-29-54-62(57)68(52-41-45(43-21-11-7-12-22-43)36-40-53(52)69(54)47-25-15-9-16-26-47)51-39-38-50-63(64(51)72)71(65)56-31-20-30-55-61(56)67(50)49-37-35-46(44-23-13-8-14-24-44)42-58(49)70(55)48-27-17-10-18-28-48/h7-32,35-42H,3-6,33-34H2,1-2H3. The number of unbranched alkanes of at least 4 members (excludes halogenated alkanes) is 2. The number of rotatable bonds is 10. The van der Waals surface area contributed by atoms with Gasteiger partial charge >= 0.3 is 414 Å². The van der Waals surface area contributed by atoms with Crippen molar-refractivity contribution in [3.8, 4) is 22.3 Å². The first-order chi connectivity index (χ1) is 36.2. The molecular weight excluding hydrogens is 949 g/mol. The summed E-state index contributed by atoms with van der Waals surface area (Å²) >= 11 is 0.221. The number of fused-ring (bicyclic) bond motifs is 11. The van der Waals surface area contributed by atoms with E-state index in [2.05, 4.69) is 240 Å². The summed E-state index contributed by atoms with van der Waals surface area (Å²) in [7, 11) is 0. The third-order valence-electron chi connectivity index (χ3n) is 16.3. The normalized spacial score (nSPS) is 13.8. The molecule has 0 spiro atoms. The van der Waals surface area contributed by atoms with E-state index in [0.717, 1.165) is 12.8 Å². The van der Waals surface area contributed by atoms with E-state index in [4.69, 9.17) is 0 Å².